The Balaban J connectivity index is 2.13. The standard InChI is InChI=1S/C13H9N5O/c14-18-17-9-4-5-11-12(7-9)16-13(15-11)8-2-1-3-10(19)6-8/h1-7,19H,(H,15,16). The summed E-state index contributed by atoms with van der Waals surface area (Å²) in [5, 5.41) is 13.0. The molecule has 19 heavy (non-hydrogen) atoms. The summed E-state index contributed by atoms with van der Waals surface area (Å²) in [4.78, 5) is 10.3. The molecule has 1 heterocycles. The van der Waals surface area contributed by atoms with Gasteiger partial charge in [-0.1, -0.05) is 23.3 Å². The van der Waals surface area contributed by atoms with E-state index in [1.807, 2.05) is 6.07 Å². The fourth-order valence-electron chi connectivity index (χ4n) is 1.90. The van der Waals surface area contributed by atoms with Gasteiger partial charge >= 0.3 is 0 Å². The summed E-state index contributed by atoms with van der Waals surface area (Å²) in [6.07, 6.45) is 0. The highest BCUT2D eigenvalue weighted by Crippen LogP contribution is 2.25. The van der Waals surface area contributed by atoms with E-state index in [2.05, 4.69) is 20.0 Å². The van der Waals surface area contributed by atoms with Crippen molar-refractivity contribution in [3.05, 3.63) is 52.9 Å². The second-order valence-corrected chi connectivity index (χ2v) is 4.03. The van der Waals surface area contributed by atoms with Crippen molar-refractivity contribution in [3.8, 4) is 17.1 Å². The number of aromatic nitrogens is 2. The number of H-pyrrole nitrogens is 1. The molecule has 0 spiro atoms. The summed E-state index contributed by atoms with van der Waals surface area (Å²) in [5.74, 6) is 0.844. The summed E-state index contributed by atoms with van der Waals surface area (Å²) in [5.41, 5.74) is 11.3. The number of nitrogens with one attached hydrogen (secondary N) is 1. The summed E-state index contributed by atoms with van der Waals surface area (Å²) in [7, 11) is 0. The molecule has 92 valence electrons. The first-order chi connectivity index (χ1) is 9.26. The van der Waals surface area contributed by atoms with Gasteiger partial charge in [0, 0.05) is 16.2 Å². The lowest BCUT2D eigenvalue weighted by Gasteiger charge is -1.96. The van der Waals surface area contributed by atoms with Gasteiger partial charge in [-0.3, -0.25) is 0 Å². The van der Waals surface area contributed by atoms with Gasteiger partial charge in [0.25, 0.3) is 0 Å². The van der Waals surface area contributed by atoms with E-state index in [1.54, 1.807) is 36.4 Å². The summed E-state index contributed by atoms with van der Waals surface area (Å²) >= 11 is 0. The van der Waals surface area contributed by atoms with Crippen molar-refractivity contribution in [1.29, 1.82) is 0 Å². The minimum Gasteiger partial charge on any atom is -0.508 e. The van der Waals surface area contributed by atoms with Gasteiger partial charge in [-0.2, -0.15) is 0 Å². The molecule has 0 saturated carbocycles. The molecule has 0 aliphatic rings. The Labute approximate surface area is 108 Å². The van der Waals surface area contributed by atoms with Gasteiger partial charge in [-0.15, -0.1) is 0 Å². The number of hydrogen-bond acceptors (Lipinski definition) is 3. The minimum absolute atomic E-state index is 0.188. The molecule has 0 saturated heterocycles. The number of aromatic hydroxyl groups is 1. The van der Waals surface area contributed by atoms with Gasteiger partial charge in [0.15, 0.2) is 0 Å². The number of imidazole rings is 1. The van der Waals surface area contributed by atoms with Crippen LogP contribution < -0.4 is 0 Å². The largest absolute Gasteiger partial charge is 0.508 e. The number of hydrogen-bond donors (Lipinski definition) is 2. The zero-order chi connectivity index (χ0) is 13.2. The maximum Gasteiger partial charge on any atom is 0.138 e. The highest BCUT2D eigenvalue weighted by Gasteiger charge is 2.06. The van der Waals surface area contributed by atoms with Crippen LogP contribution in [0.1, 0.15) is 0 Å². The monoisotopic (exact) mass is 251 g/mol. The second kappa shape index (κ2) is 4.36. The van der Waals surface area contributed by atoms with E-state index in [4.69, 9.17) is 5.53 Å². The lowest BCUT2D eigenvalue weighted by atomic mass is 10.2. The van der Waals surface area contributed by atoms with Crippen LogP contribution in [0.15, 0.2) is 47.6 Å². The van der Waals surface area contributed by atoms with Gasteiger partial charge in [0.1, 0.15) is 11.6 Å². The molecule has 6 nitrogen and oxygen atoms in total. The third-order valence-corrected chi connectivity index (χ3v) is 2.75. The van der Waals surface area contributed by atoms with E-state index in [0.717, 1.165) is 16.6 Å². The molecule has 3 rings (SSSR count). The van der Waals surface area contributed by atoms with Crippen LogP contribution in [0.3, 0.4) is 0 Å². The fourth-order valence-corrected chi connectivity index (χ4v) is 1.90. The Kier molecular flexibility index (Phi) is 2.55. The number of nitrogens with zero attached hydrogens (tertiary/aromatic N) is 4. The van der Waals surface area contributed by atoms with E-state index in [1.165, 1.54) is 0 Å². The van der Waals surface area contributed by atoms with E-state index in [0.29, 0.717) is 11.5 Å². The minimum atomic E-state index is 0.188. The quantitative estimate of drug-likeness (QED) is 0.410. The van der Waals surface area contributed by atoms with Crippen LogP contribution in [0.5, 0.6) is 5.75 Å². The Hall–Kier alpha value is -2.98. The van der Waals surface area contributed by atoms with Crippen molar-refractivity contribution in [2.24, 2.45) is 5.11 Å². The lowest BCUT2D eigenvalue weighted by molar-refractivity contribution is 0.475. The average Bonchev–Trinajstić information content (AvgIpc) is 2.82. The van der Waals surface area contributed by atoms with Crippen molar-refractivity contribution in [1.82, 2.24) is 9.97 Å². The predicted octanol–water partition coefficient (Wildman–Crippen LogP) is 3.88. The molecule has 2 N–H and O–H groups in total. The van der Waals surface area contributed by atoms with Crippen LogP contribution in [0.25, 0.3) is 32.9 Å². The highest BCUT2D eigenvalue weighted by atomic mass is 16.3. The molecular formula is C13H9N5O. The van der Waals surface area contributed by atoms with Gasteiger partial charge in [0.05, 0.1) is 11.0 Å². The summed E-state index contributed by atoms with van der Waals surface area (Å²) in [6, 6.07) is 12.1. The first-order valence-electron chi connectivity index (χ1n) is 5.60. The Bertz CT molecular complexity index is 802. The van der Waals surface area contributed by atoms with Crippen LogP contribution in [0, 0.1) is 0 Å². The molecule has 3 aromatic rings. The van der Waals surface area contributed by atoms with Gasteiger partial charge in [-0.05, 0) is 29.8 Å². The highest BCUT2D eigenvalue weighted by molar-refractivity contribution is 5.82. The molecule has 6 heteroatoms. The van der Waals surface area contributed by atoms with Gasteiger partial charge in [0.2, 0.25) is 0 Å². The van der Waals surface area contributed by atoms with Crippen LogP contribution in [0.2, 0.25) is 0 Å². The van der Waals surface area contributed by atoms with Crippen molar-refractivity contribution in [2.75, 3.05) is 0 Å². The summed E-state index contributed by atoms with van der Waals surface area (Å²) in [6.45, 7) is 0. The zero-order valence-electron chi connectivity index (χ0n) is 9.78. The number of phenols is 1. The van der Waals surface area contributed by atoms with Crippen molar-refractivity contribution >= 4 is 16.7 Å². The van der Waals surface area contributed by atoms with E-state index in [-0.39, 0.29) is 5.75 Å². The molecule has 0 fully saturated rings. The summed E-state index contributed by atoms with van der Waals surface area (Å²) < 4.78 is 0. The van der Waals surface area contributed by atoms with Crippen molar-refractivity contribution < 1.29 is 5.11 Å². The third kappa shape index (κ3) is 2.08. The molecule has 2 aromatic carbocycles. The third-order valence-electron chi connectivity index (χ3n) is 2.75. The number of rotatable bonds is 2. The van der Waals surface area contributed by atoms with Crippen molar-refractivity contribution in [3.63, 3.8) is 0 Å². The number of phenolic OH excluding ortho intramolecular Hbond substituents is 1. The second-order valence-electron chi connectivity index (χ2n) is 4.03. The number of azide groups is 1. The molecule has 0 aliphatic carbocycles. The van der Waals surface area contributed by atoms with Gasteiger partial charge in [-0.25, -0.2) is 4.98 Å². The molecule has 0 unspecified atom stereocenters. The van der Waals surface area contributed by atoms with Gasteiger partial charge < -0.3 is 10.1 Å². The Morgan fingerprint density at radius 2 is 2.11 bits per heavy atom. The Morgan fingerprint density at radius 3 is 2.89 bits per heavy atom. The van der Waals surface area contributed by atoms with Crippen LogP contribution in [0.4, 0.5) is 5.69 Å². The van der Waals surface area contributed by atoms with Crippen LogP contribution >= 0.6 is 0 Å². The van der Waals surface area contributed by atoms with E-state index in [9.17, 15) is 5.11 Å². The fraction of sp³-hybridized carbons (Fsp3) is 0. The van der Waals surface area contributed by atoms with Crippen LogP contribution in [-0.2, 0) is 0 Å². The maximum atomic E-state index is 9.47. The lowest BCUT2D eigenvalue weighted by Crippen LogP contribution is -1.78. The zero-order valence-corrected chi connectivity index (χ0v) is 9.78. The molecule has 0 aliphatic heterocycles. The maximum absolute atomic E-state index is 9.47. The molecule has 0 bridgehead atoms. The Morgan fingerprint density at radius 1 is 1.21 bits per heavy atom. The number of benzene rings is 2. The number of aromatic amines is 1. The van der Waals surface area contributed by atoms with Crippen LogP contribution in [-0.4, -0.2) is 15.1 Å². The normalized spacial score (nSPS) is 10.3. The SMILES string of the molecule is [N-]=[N+]=Nc1ccc2nc(-c3cccc(O)c3)[nH]c2c1. The number of fused-ring (bicyclic) bond motifs is 1. The molecule has 1 aromatic heterocycles. The topological polar surface area (TPSA) is 97.7 Å². The van der Waals surface area contributed by atoms with Crippen molar-refractivity contribution in [2.45, 2.75) is 0 Å². The van der Waals surface area contributed by atoms with E-state index >= 15 is 0 Å². The first-order valence-corrected chi connectivity index (χ1v) is 5.60. The molecular weight excluding hydrogens is 242 g/mol. The molecule has 0 atom stereocenters. The predicted molar refractivity (Wildman–Crippen MR) is 72.0 cm³/mol. The first kappa shape index (κ1) is 11.1. The molecule has 0 amide bonds. The average molecular weight is 251 g/mol. The molecule has 0 radical (unpaired) electrons. The smallest absolute Gasteiger partial charge is 0.138 e. The van der Waals surface area contributed by atoms with E-state index < -0.39 is 0 Å².